The molecule has 0 bridgehead atoms. The van der Waals surface area contributed by atoms with Gasteiger partial charge in [-0.1, -0.05) is 109 Å². The van der Waals surface area contributed by atoms with Gasteiger partial charge in [-0.25, -0.2) is 4.79 Å². The monoisotopic (exact) mass is 958 g/mol. The zero-order valence-corrected chi connectivity index (χ0v) is 41.1. The van der Waals surface area contributed by atoms with Crippen LogP contribution in [-0.4, -0.2) is 76.9 Å². The van der Waals surface area contributed by atoms with Gasteiger partial charge in [0.25, 0.3) is 0 Å². The molecule has 372 valence electrons. The van der Waals surface area contributed by atoms with Gasteiger partial charge in [0.05, 0.1) is 18.9 Å². The van der Waals surface area contributed by atoms with Crippen LogP contribution in [0.5, 0.6) is 0 Å². The maximum Gasteiger partial charge on any atom is 0.408 e. The highest BCUT2D eigenvalue weighted by Crippen LogP contribution is 2.23. The van der Waals surface area contributed by atoms with Crippen LogP contribution >= 0.6 is 0 Å². The third kappa shape index (κ3) is 18.0. The molecule has 0 aliphatic rings. The van der Waals surface area contributed by atoms with Crippen molar-refractivity contribution in [1.29, 1.82) is 0 Å². The van der Waals surface area contributed by atoms with Gasteiger partial charge in [0, 0.05) is 43.6 Å². The summed E-state index contributed by atoms with van der Waals surface area (Å²) >= 11 is 0. The van der Waals surface area contributed by atoms with Crippen molar-refractivity contribution < 1.29 is 43.0 Å². The van der Waals surface area contributed by atoms with Crippen molar-refractivity contribution in [2.75, 3.05) is 0 Å². The number of rotatable bonds is 21. The fourth-order valence-electron chi connectivity index (χ4n) is 7.71. The summed E-state index contributed by atoms with van der Waals surface area (Å²) < 4.78 is 10.7. The largest absolute Gasteiger partial charge is 0.461 e. The van der Waals surface area contributed by atoms with E-state index < -0.39 is 65.6 Å². The first-order valence-electron chi connectivity index (χ1n) is 23.5. The Bertz CT molecular complexity index is 2640. The minimum atomic E-state index is -1.34. The third-order valence-electron chi connectivity index (χ3n) is 10.9. The van der Waals surface area contributed by atoms with Gasteiger partial charge in [0.1, 0.15) is 18.2 Å². The first-order valence-corrected chi connectivity index (χ1v) is 23.5. The Balaban J connectivity index is 1.21. The Labute approximate surface area is 409 Å². The summed E-state index contributed by atoms with van der Waals surface area (Å²) in [5.41, 5.74) is 8.21. The van der Waals surface area contributed by atoms with Crippen LogP contribution in [0.2, 0.25) is 0 Å². The topological polar surface area (TPSA) is 236 Å². The van der Waals surface area contributed by atoms with Crippen LogP contribution < -0.4 is 37.6 Å². The van der Waals surface area contributed by atoms with Gasteiger partial charge in [-0.05, 0) is 98.7 Å². The van der Waals surface area contributed by atoms with Crippen molar-refractivity contribution in [3.63, 3.8) is 0 Å². The number of alkyl carbamates (subject to hydrolysis) is 1. The number of hydrogen-bond donors (Lipinski definition) is 7. The van der Waals surface area contributed by atoms with E-state index in [1.807, 2.05) is 106 Å². The van der Waals surface area contributed by atoms with E-state index in [9.17, 15) is 33.6 Å². The summed E-state index contributed by atoms with van der Waals surface area (Å²) in [6.45, 7) is 12.6. The van der Waals surface area contributed by atoms with Crippen LogP contribution in [0, 0.1) is 0 Å². The lowest BCUT2D eigenvalue weighted by Crippen LogP contribution is -2.51. The zero-order valence-electron chi connectivity index (χ0n) is 41.1. The van der Waals surface area contributed by atoms with E-state index >= 15 is 0 Å². The maximum atomic E-state index is 13.5. The number of fused-ring (bicyclic) bond motifs is 2. The molecule has 6 amide bonds. The predicted octanol–water partition coefficient (Wildman–Crippen LogP) is 5.90. The summed E-state index contributed by atoms with van der Waals surface area (Å²) in [4.78, 5) is 91.7. The molecule has 0 saturated carbocycles. The number of nitrogens with one attached hydrogen (secondary N) is 6. The van der Waals surface area contributed by atoms with Gasteiger partial charge in [-0.2, -0.15) is 0 Å². The van der Waals surface area contributed by atoms with Crippen LogP contribution in [0.15, 0.2) is 109 Å². The second-order valence-electron chi connectivity index (χ2n) is 19.5. The van der Waals surface area contributed by atoms with E-state index in [0.717, 1.165) is 43.8 Å². The van der Waals surface area contributed by atoms with E-state index in [4.69, 9.17) is 15.2 Å². The van der Waals surface area contributed by atoms with Crippen LogP contribution in [0.1, 0.15) is 96.4 Å². The predicted molar refractivity (Wildman–Crippen MR) is 269 cm³/mol. The average molecular weight is 958 g/mol. The molecule has 5 rings (SSSR count). The molecule has 5 aromatic rings. The highest BCUT2D eigenvalue weighted by atomic mass is 16.6. The Hall–Kier alpha value is -7.33. The molecule has 0 heterocycles. The lowest BCUT2D eigenvalue weighted by atomic mass is 9.97. The Kier molecular flexibility index (Phi) is 19.0. The lowest BCUT2D eigenvalue weighted by molar-refractivity contribution is -0.147. The summed E-state index contributed by atoms with van der Waals surface area (Å²) in [6, 6.07) is 30.5. The number of nitrogens with two attached hydrogens (primary N) is 1. The molecule has 5 aromatic carbocycles. The van der Waals surface area contributed by atoms with Crippen LogP contribution in [-0.2, 0) is 64.4 Å². The second-order valence-corrected chi connectivity index (χ2v) is 19.5. The molecule has 70 heavy (non-hydrogen) atoms. The molecule has 0 aliphatic heterocycles. The van der Waals surface area contributed by atoms with E-state index in [2.05, 4.69) is 31.9 Å². The highest BCUT2D eigenvalue weighted by Gasteiger charge is 2.29. The summed E-state index contributed by atoms with van der Waals surface area (Å²) in [5, 5.41) is 20.7. The van der Waals surface area contributed by atoms with Gasteiger partial charge < -0.3 is 47.1 Å². The molecule has 4 atom stereocenters. The van der Waals surface area contributed by atoms with E-state index in [1.54, 1.807) is 52.0 Å². The van der Waals surface area contributed by atoms with Crippen molar-refractivity contribution in [2.24, 2.45) is 5.73 Å². The number of amides is 6. The van der Waals surface area contributed by atoms with Crippen molar-refractivity contribution >= 4 is 63.1 Å². The smallest absolute Gasteiger partial charge is 0.408 e. The van der Waals surface area contributed by atoms with Crippen LogP contribution in [0.3, 0.4) is 0 Å². The van der Waals surface area contributed by atoms with Gasteiger partial charge >= 0.3 is 12.1 Å². The van der Waals surface area contributed by atoms with Gasteiger partial charge in [-0.3, -0.25) is 28.8 Å². The fourth-order valence-corrected chi connectivity index (χ4v) is 7.71. The minimum absolute atomic E-state index is 0.0135. The maximum absolute atomic E-state index is 13.5. The summed E-state index contributed by atoms with van der Waals surface area (Å²) in [7, 11) is 0. The van der Waals surface area contributed by atoms with Gasteiger partial charge in [0.2, 0.25) is 29.5 Å². The molecule has 0 unspecified atom stereocenters. The molecule has 0 saturated heterocycles. The molecule has 0 aromatic heterocycles. The van der Waals surface area contributed by atoms with E-state index in [-0.39, 0.29) is 63.1 Å². The number of hydrogen-bond acceptors (Lipinski definition) is 10. The Morgan fingerprint density at radius 2 is 1.19 bits per heavy atom. The Morgan fingerprint density at radius 3 is 1.84 bits per heavy atom. The first kappa shape index (κ1) is 53.6. The van der Waals surface area contributed by atoms with E-state index in [1.165, 1.54) is 0 Å². The quantitative estimate of drug-likeness (QED) is 0.0431. The number of carbonyl (C=O) groups excluding carboxylic acids is 7. The van der Waals surface area contributed by atoms with Crippen LogP contribution in [0.25, 0.3) is 21.5 Å². The first-order chi connectivity index (χ1) is 33.1. The normalized spacial score (nSPS) is 13.2. The number of benzene rings is 5. The standard InChI is InChI=1S/C54H67N7O9/c1-34(58-51(67)45(60-52(68)70-54(5,6)7)30-49(65)69-33-35-15-9-8-10-16-35)25-46(62)56-32-40-21-14-19-38-26-36(23-24-43(38)40)27-41(59-50(66)44(55)29-48(64)61-53(2,3)4)28-47(63)57-31-39-20-13-18-37-17-11-12-22-42(37)39/h8-24,26,34,41,44-45H,25,27-33,55H2,1-7H3,(H,56,62)(H,57,63)(H,58,67)(H,59,66)(H,60,68)(H,61,64)/t34-,41-,44-,45-/m0/s1. The number of carbonyl (C=O) groups is 7. The molecule has 0 radical (unpaired) electrons. The zero-order chi connectivity index (χ0) is 51.0. The average Bonchev–Trinajstić information content (AvgIpc) is 3.28. The molecular formula is C54H67N7O9. The van der Waals surface area contributed by atoms with Crippen molar-refractivity contribution in [2.45, 2.75) is 136 Å². The van der Waals surface area contributed by atoms with Crippen LogP contribution in [0.4, 0.5) is 4.79 Å². The lowest BCUT2D eigenvalue weighted by Gasteiger charge is -2.24. The highest BCUT2D eigenvalue weighted by molar-refractivity contribution is 5.92. The minimum Gasteiger partial charge on any atom is -0.461 e. The van der Waals surface area contributed by atoms with Gasteiger partial charge in [0.15, 0.2) is 0 Å². The third-order valence-corrected chi connectivity index (χ3v) is 10.9. The van der Waals surface area contributed by atoms with Crippen molar-refractivity contribution in [3.8, 4) is 0 Å². The molecule has 16 heteroatoms. The number of esters is 1. The molecule has 0 aliphatic carbocycles. The van der Waals surface area contributed by atoms with E-state index in [0.29, 0.717) is 0 Å². The second kappa shape index (κ2) is 24.8. The molecule has 16 nitrogen and oxygen atoms in total. The fraction of sp³-hybridized carbons (Fsp3) is 0.389. The molecular weight excluding hydrogens is 891 g/mol. The molecule has 0 spiro atoms. The van der Waals surface area contributed by atoms with Crippen molar-refractivity contribution in [3.05, 3.63) is 131 Å². The molecule has 8 N–H and O–H groups in total. The summed E-state index contributed by atoms with van der Waals surface area (Å²) in [6.07, 6.45) is -1.47. The Morgan fingerprint density at radius 1 is 0.586 bits per heavy atom. The van der Waals surface area contributed by atoms with Crippen molar-refractivity contribution in [1.82, 2.24) is 31.9 Å². The molecule has 0 fully saturated rings. The number of ether oxygens (including phenoxy) is 2. The SMILES string of the molecule is C[C@@H](CC(=O)NCc1cccc2cc(C[C@@H](CC(=O)NCc3cccc4ccccc34)NC(=O)[C@@H](N)CC(=O)NC(C)(C)C)ccc12)NC(=O)[C@H](CC(=O)OCc1ccccc1)NC(=O)OC(C)(C)C. The summed E-state index contributed by atoms with van der Waals surface area (Å²) in [5.74, 6) is -2.96. The van der Waals surface area contributed by atoms with Gasteiger partial charge in [-0.15, -0.1) is 0 Å².